The third-order valence-electron chi connectivity index (χ3n) is 1.60. The lowest BCUT2D eigenvalue weighted by Crippen LogP contribution is -2.34. The van der Waals surface area contributed by atoms with Crippen LogP contribution in [0.1, 0.15) is 13.8 Å². The molecular formula is C10H12BrFN2O. The summed E-state index contributed by atoms with van der Waals surface area (Å²) in [6, 6.07) is 3.97. The first-order valence-electron chi connectivity index (χ1n) is 4.51. The van der Waals surface area contributed by atoms with Gasteiger partial charge in [0.15, 0.2) is 0 Å². The molecule has 0 saturated carbocycles. The van der Waals surface area contributed by atoms with Crippen LogP contribution in [0.3, 0.4) is 0 Å². The van der Waals surface area contributed by atoms with Gasteiger partial charge in [0.1, 0.15) is 5.82 Å². The number of amides is 2. The summed E-state index contributed by atoms with van der Waals surface area (Å²) in [5.41, 5.74) is 0.155. The van der Waals surface area contributed by atoms with E-state index in [0.29, 0.717) is 4.47 Å². The van der Waals surface area contributed by atoms with Crippen molar-refractivity contribution in [1.29, 1.82) is 0 Å². The maximum absolute atomic E-state index is 13.2. The van der Waals surface area contributed by atoms with Gasteiger partial charge in [-0.05, 0) is 32.0 Å². The van der Waals surface area contributed by atoms with E-state index in [1.807, 2.05) is 13.8 Å². The number of benzene rings is 1. The van der Waals surface area contributed by atoms with Crippen LogP contribution >= 0.6 is 15.9 Å². The number of carbonyl (C=O) groups is 1. The summed E-state index contributed by atoms with van der Waals surface area (Å²) in [5.74, 6) is -0.461. The van der Waals surface area contributed by atoms with Crippen LogP contribution in [0.2, 0.25) is 0 Å². The Morgan fingerprint density at radius 3 is 2.73 bits per heavy atom. The van der Waals surface area contributed by atoms with Crippen molar-refractivity contribution in [2.24, 2.45) is 0 Å². The minimum Gasteiger partial charge on any atom is -0.336 e. The lowest BCUT2D eigenvalue weighted by Gasteiger charge is -2.10. The molecule has 0 radical (unpaired) electrons. The fourth-order valence-corrected chi connectivity index (χ4v) is 1.37. The number of nitrogens with one attached hydrogen (secondary N) is 2. The van der Waals surface area contributed by atoms with Crippen molar-refractivity contribution >= 4 is 27.6 Å². The monoisotopic (exact) mass is 274 g/mol. The lowest BCUT2D eigenvalue weighted by atomic mass is 10.3. The molecule has 82 valence electrons. The third kappa shape index (κ3) is 3.87. The first kappa shape index (κ1) is 12.0. The molecule has 0 atom stereocenters. The van der Waals surface area contributed by atoms with Gasteiger partial charge in [0.2, 0.25) is 0 Å². The summed E-state index contributed by atoms with van der Waals surface area (Å²) in [6.07, 6.45) is 0. The van der Waals surface area contributed by atoms with Crippen molar-refractivity contribution in [3.8, 4) is 0 Å². The Kier molecular flexibility index (Phi) is 4.08. The molecular weight excluding hydrogens is 263 g/mol. The van der Waals surface area contributed by atoms with Crippen LogP contribution < -0.4 is 10.6 Å². The van der Waals surface area contributed by atoms with Crippen molar-refractivity contribution in [3.63, 3.8) is 0 Å². The zero-order valence-corrected chi connectivity index (χ0v) is 10.1. The maximum Gasteiger partial charge on any atom is 0.319 e. The maximum atomic E-state index is 13.2. The van der Waals surface area contributed by atoms with E-state index in [9.17, 15) is 9.18 Å². The predicted molar refractivity (Wildman–Crippen MR) is 61.4 cm³/mol. The molecule has 0 saturated heterocycles. The Hall–Kier alpha value is -1.10. The van der Waals surface area contributed by atoms with E-state index in [1.165, 1.54) is 12.1 Å². The lowest BCUT2D eigenvalue weighted by molar-refractivity contribution is 0.250. The summed E-state index contributed by atoms with van der Waals surface area (Å²) in [5, 5.41) is 5.03. The standard InChI is InChI=1S/C10H12BrFN2O/c1-6(2)13-10(15)14-9-5-7(11)3-4-8(9)12/h3-6H,1-2H3,(H2,13,14,15). The van der Waals surface area contributed by atoms with Crippen LogP contribution in [0.25, 0.3) is 0 Å². The van der Waals surface area contributed by atoms with Gasteiger partial charge in [-0.25, -0.2) is 9.18 Å². The van der Waals surface area contributed by atoms with Crippen molar-refractivity contribution in [2.45, 2.75) is 19.9 Å². The fraction of sp³-hybridized carbons (Fsp3) is 0.300. The molecule has 0 aliphatic carbocycles. The number of anilines is 1. The van der Waals surface area contributed by atoms with E-state index >= 15 is 0 Å². The first-order valence-corrected chi connectivity index (χ1v) is 5.31. The normalized spacial score (nSPS) is 10.2. The summed E-state index contributed by atoms with van der Waals surface area (Å²) in [7, 11) is 0. The van der Waals surface area contributed by atoms with E-state index in [-0.39, 0.29) is 11.7 Å². The average Bonchev–Trinajstić information content (AvgIpc) is 2.10. The van der Waals surface area contributed by atoms with Gasteiger partial charge in [0.25, 0.3) is 0 Å². The molecule has 0 unspecified atom stereocenters. The van der Waals surface area contributed by atoms with Gasteiger partial charge in [-0.2, -0.15) is 0 Å². The van der Waals surface area contributed by atoms with Crippen LogP contribution in [0.15, 0.2) is 22.7 Å². The second kappa shape index (κ2) is 5.11. The van der Waals surface area contributed by atoms with Crippen molar-refractivity contribution in [1.82, 2.24) is 5.32 Å². The van der Waals surface area contributed by atoms with Crippen LogP contribution in [0.5, 0.6) is 0 Å². The highest BCUT2D eigenvalue weighted by Crippen LogP contribution is 2.19. The highest BCUT2D eigenvalue weighted by Gasteiger charge is 2.07. The van der Waals surface area contributed by atoms with Crippen LogP contribution in [-0.4, -0.2) is 12.1 Å². The van der Waals surface area contributed by atoms with E-state index in [2.05, 4.69) is 26.6 Å². The van der Waals surface area contributed by atoms with Crippen molar-refractivity contribution < 1.29 is 9.18 Å². The molecule has 2 amide bonds. The predicted octanol–water partition coefficient (Wildman–Crippen LogP) is 3.12. The number of hydrogen-bond acceptors (Lipinski definition) is 1. The second-order valence-electron chi connectivity index (χ2n) is 3.38. The molecule has 5 heteroatoms. The van der Waals surface area contributed by atoms with E-state index in [4.69, 9.17) is 0 Å². The van der Waals surface area contributed by atoms with Gasteiger partial charge < -0.3 is 10.6 Å². The topological polar surface area (TPSA) is 41.1 Å². The molecule has 0 bridgehead atoms. The third-order valence-corrected chi connectivity index (χ3v) is 2.09. The zero-order valence-electron chi connectivity index (χ0n) is 8.47. The average molecular weight is 275 g/mol. The Labute approximate surface area is 96.2 Å². The molecule has 0 aliphatic heterocycles. The van der Waals surface area contributed by atoms with Gasteiger partial charge in [-0.1, -0.05) is 15.9 Å². The Morgan fingerprint density at radius 1 is 1.47 bits per heavy atom. The quantitative estimate of drug-likeness (QED) is 0.855. The summed E-state index contributed by atoms with van der Waals surface area (Å²) < 4.78 is 13.9. The Balaban J connectivity index is 2.71. The van der Waals surface area contributed by atoms with Crippen molar-refractivity contribution in [3.05, 3.63) is 28.5 Å². The molecule has 0 spiro atoms. The molecule has 0 aromatic heterocycles. The molecule has 2 N–H and O–H groups in total. The van der Waals surface area contributed by atoms with Gasteiger partial charge in [-0.15, -0.1) is 0 Å². The fourth-order valence-electron chi connectivity index (χ4n) is 1.01. The summed E-state index contributed by atoms with van der Waals surface area (Å²) in [4.78, 5) is 11.3. The largest absolute Gasteiger partial charge is 0.336 e. The first-order chi connectivity index (χ1) is 6.99. The minimum absolute atomic E-state index is 0.0141. The molecule has 1 rings (SSSR count). The Morgan fingerprint density at radius 2 is 2.13 bits per heavy atom. The second-order valence-corrected chi connectivity index (χ2v) is 4.29. The van der Waals surface area contributed by atoms with Gasteiger partial charge in [0.05, 0.1) is 5.69 Å². The molecule has 3 nitrogen and oxygen atoms in total. The molecule has 0 aliphatic rings. The van der Waals surface area contributed by atoms with Gasteiger partial charge in [0, 0.05) is 10.5 Å². The molecule has 0 heterocycles. The van der Waals surface area contributed by atoms with E-state index in [0.717, 1.165) is 0 Å². The van der Waals surface area contributed by atoms with Gasteiger partial charge in [-0.3, -0.25) is 0 Å². The van der Waals surface area contributed by atoms with Gasteiger partial charge >= 0.3 is 6.03 Å². The molecule has 1 aromatic carbocycles. The Bertz CT molecular complexity index is 368. The number of rotatable bonds is 2. The summed E-state index contributed by atoms with van der Waals surface area (Å²) in [6.45, 7) is 3.66. The molecule has 0 fully saturated rings. The smallest absolute Gasteiger partial charge is 0.319 e. The number of halogens is 2. The molecule has 15 heavy (non-hydrogen) atoms. The summed E-state index contributed by atoms with van der Waals surface area (Å²) >= 11 is 3.20. The van der Waals surface area contributed by atoms with Crippen LogP contribution in [0, 0.1) is 5.82 Å². The van der Waals surface area contributed by atoms with Crippen LogP contribution in [-0.2, 0) is 0 Å². The number of carbonyl (C=O) groups excluding carboxylic acids is 1. The molecule has 1 aromatic rings. The number of urea groups is 1. The highest BCUT2D eigenvalue weighted by molar-refractivity contribution is 9.10. The minimum atomic E-state index is -0.461. The van der Waals surface area contributed by atoms with Crippen molar-refractivity contribution in [2.75, 3.05) is 5.32 Å². The highest BCUT2D eigenvalue weighted by atomic mass is 79.9. The van der Waals surface area contributed by atoms with Crippen LogP contribution in [0.4, 0.5) is 14.9 Å². The zero-order chi connectivity index (χ0) is 11.4. The van der Waals surface area contributed by atoms with E-state index < -0.39 is 11.8 Å². The van der Waals surface area contributed by atoms with E-state index in [1.54, 1.807) is 6.07 Å². The number of hydrogen-bond donors (Lipinski definition) is 2. The SMILES string of the molecule is CC(C)NC(=O)Nc1cc(Br)ccc1F.